The Morgan fingerprint density at radius 1 is 1.30 bits per heavy atom. The molecule has 136 valence electrons. The molecule has 0 radical (unpaired) electrons. The topological polar surface area (TPSA) is 92.4 Å². The van der Waals surface area contributed by atoms with E-state index in [0.717, 1.165) is 22.0 Å². The van der Waals surface area contributed by atoms with Crippen molar-refractivity contribution in [2.75, 3.05) is 0 Å². The third-order valence-electron chi connectivity index (χ3n) is 4.86. The van der Waals surface area contributed by atoms with Crippen LogP contribution in [0.15, 0.2) is 77.7 Å². The average molecular weight is 359 g/mol. The molecule has 0 saturated carbocycles. The first-order chi connectivity index (χ1) is 13.2. The number of carbonyl (C=O) groups is 1. The zero-order valence-corrected chi connectivity index (χ0v) is 14.7. The number of amides is 1. The van der Waals surface area contributed by atoms with Crippen LogP contribution in [0, 0.1) is 5.92 Å². The van der Waals surface area contributed by atoms with Gasteiger partial charge in [0.15, 0.2) is 0 Å². The highest BCUT2D eigenvalue weighted by molar-refractivity contribution is 5.97. The predicted octanol–water partition coefficient (Wildman–Crippen LogP) is 2.00. The number of para-hydroxylation sites is 1. The van der Waals surface area contributed by atoms with Gasteiger partial charge in [-0.15, -0.1) is 0 Å². The number of allylic oxidation sites excluding steroid dienone is 2. The van der Waals surface area contributed by atoms with E-state index in [0.29, 0.717) is 6.42 Å². The molecule has 3 atom stereocenters. The highest BCUT2D eigenvalue weighted by Crippen LogP contribution is 2.28. The van der Waals surface area contributed by atoms with Crippen molar-refractivity contribution in [2.45, 2.75) is 18.5 Å². The first-order valence-electron chi connectivity index (χ1n) is 8.94. The molecule has 0 spiro atoms. The Morgan fingerprint density at radius 3 is 3.07 bits per heavy atom. The van der Waals surface area contributed by atoms with Gasteiger partial charge in [0, 0.05) is 23.1 Å². The minimum absolute atomic E-state index is 0.261. The van der Waals surface area contributed by atoms with E-state index in [1.165, 1.54) is 0 Å². The molecular formula is C21H21N5O. The molecule has 1 aromatic heterocycles. The van der Waals surface area contributed by atoms with Crippen LogP contribution < -0.4 is 16.5 Å². The van der Waals surface area contributed by atoms with Gasteiger partial charge in [0.1, 0.15) is 0 Å². The minimum Gasteiger partial charge on any atom is -0.384 e. The van der Waals surface area contributed by atoms with Crippen LogP contribution in [0.1, 0.15) is 12.0 Å². The van der Waals surface area contributed by atoms with Gasteiger partial charge in [-0.25, -0.2) is 5.43 Å². The summed E-state index contributed by atoms with van der Waals surface area (Å²) in [6.07, 6.45) is 14.1. The normalized spacial score (nSPS) is 21.7. The van der Waals surface area contributed by atoms with E-state index in [4.69, 9.17) is 5.73 Å². The summed E-state index contributed by atoms with van der Waals surface area (Å²) in [5, 5.41) is 8.40. The van der Waals surface area contributed by atoms with Gasteiger partial charge in [0.05, 0.1) is 23.8 Å². The van der Waals surface area contributed by atoms with Gasteiger partial charge in [-0.1, -0.05) is 48.6 Å². The number of nitrogens with two attached hydrogens (primary N) is 1. The molecule has 4 rings (SSSR count). The summed E-state index contributed by atoms with van der Waals surface area (Å²) in [6.45, 7) is 0. The molecule has 0 unspecified atom stereocenters. The maximum absolute atomic E-state index is 12.3. The SMILES string of the molecule is N[C@H](CC1=CN[C@@H]2C=CC=C[C@@H]12)C(=O)N/N=C\c1cccc2cccnc12. The number of rotatable bonds is 5. The van der Waals surface area contributed by atoms with E-state index in [-0.39, 0.29) is 17.9 Å². The molecule has 0 saturated heterocycles. The number of pyridine rings is 1. The third-order valence-corrected chi connectivity index (χ3v) is 4.86. The molecule has 6 nitrogen and oxygen atoms in total. The molecular weight excluding hydrogens is 338 g/mol. The Balaban J connectivity index is 1.37. The van der Waals surface area contributed by atoms with Gasteiger partial charge in [-0.05, 0) is 24.3 Å². The molecule has 2 aliphatic rings. The molecule has 0 fully saturated rings. The van der Waals surface area contributed by atoms with Crippen molar-refractivity contribution in [3.8, 4) is 0 Å². The number of hydrogen-bond donors (Lipinski definition) is 3. The Labute approximate surface area is 157 Å². The lowest BCUT2D eigenvalue weighted by Gasteiger charge is -2.20. The van der Waals surface area contributed by atoms with E-state index in [9.17, 15) is 4.79 Å². The molecule has 1 aliphatic carbocycles. The highest BCUT2D eigenvalue weighted by atomic mass is 16.2. The lowest BCUT2D eigenvalue weighted by Crippen LogP contribution is -2.39. The maximum atomic E-state index is 12.3. The number of hydrazone groups is 1. The number of hydrogen-bond acceptors (Lipinski definition) is 5. The van der Waals surface area contributed by atoms with Crippen LogP contribution in [0.4, 0.5) is 0 Å². The van der Waals surface area contributed by atoms with E-state index < -0.39 is 6.04 Å². The molecule has 0 bridgehead atoms. The van der Waals surface area contributed by atoms with Gasteiger partial charge in [-0.2, -0.15) is 5.10 Å². The Kier molecular flexibility index (Phi) is 4.80. The third kappa shape index (κ3) is 3.66. The molecule has 1 aromatic carbocycles. The number of benzene rings is 1. The summed E-state index contributed by atoms with van der Waals surface area (Å²) in [5.74, 6) is -0.0433. The lowest BCUT2D eigenvalue weighted by atomic mass is 9.88. The zero-order valence-electron chi connectivity index (χ0n) is 14.7. The number of aromatic nitrogens is 1. The summed E-state index contributed by atoms with van der Waals surface area (Å²) in [7, 11) is 0. The van der Waals surface area contributed by atoms with Crippen LogP contribution in [0.25, 0.3) is 10.9 Å². The maximum Gasteiger partial charge on any atom is 0.257 e. The number of nitrogens with one attached hydrogen (secondary N) is 2. The molecule has 1 aliphatic heterocycles. The number of nitrogens with zero attached hydrogens (tertiary/aromatic N) is 2. The smallest absolute Gasteiger partial charge is 0.257 e. The second-order valence-corrected chi connectivity index (χ2v) is 6.67. The van der Waals surface area contributed by atoms with E-state index >= 15 is 0 Å². The standard InChI is InChI=1S/C21H21N5O/c22-18(11-16-12-24-19-9-2-1-8-17(16)19)21(27)26-25-13-15-6-3-5-14-7-4-10-23-20(14)15/h1-10,12-13,17-19,24H,11,22H2,(H,26,27)/b25-13-/t17-,18+,19+/m0/s1. The van der Waals surface area contributed by atoms with Gasteiger partial charge in [0.25, 0.3) is 5.91 Å². The van der Waals surface area contributed by atoms with E-state index in [1.54, 1.807) is 12.4 Å². The quantitative estimate of drug-likeness (QED) is 0.562. The number of carbonyl (C=O) groups excluding carboxylic acids is 1. The van der Waals surface area contributed by atoms with Crippen molar-refractivity contribution in [3.63, 3.8) is 0 Å². The van der Waals surface area contributed by atoms with Crippen molar-refractivity contribution < 1.29 is 4.79 Å². The Morgan fingerprint density at radius 2 is 2.15 bits per heavy atom. The number of fused-ring (bicyclic) bond motifs is 2. The second kappa shape index (κ2) is 7.55. The largest absolute Gasteiger partial charge is 0.384 e. The monoisotopic (exact) mass is 359 g/mol. The van der Waals surface area contributed by atoms with Crippen molar-refractivity contribution in [1.29, 1.82) is 0 Å². The molecule has 2 heterocycles. The Hall–Kier alpha value is -3.25. The van der Waals surface area contributed by atoms with Gasteiger partial charge in [-0.3, -0.25) is 9.78 Å². The Bertz CT molecular complexity index is 970. The van der Waals surface area contributed by atoms with Crippen LogP contribution in [0.5, 0.6) is 0 Å². The second-order valence-electron chi connectivity index (χ2n) is 6.67. The summed E-state index contributed by atoms with van der Waals surface area (Å²) in [4.78, 5) is 16.7. The van der Waals surface area contributed by atoms with Gasteiger partial charge in [0.2, 0.25) is 0 Å². The van der Waals surface area contributed by atoms with Crippen molar-refractivity contribution >= 4 is 23.0 Å². The van der Waals surface area contributed by atoms with E-state index in [2.05, 4.69) is 33.0 Å². The van der Waals surface area contributed by atoms with Crippen molar-refractivity contribution in [2.24, 2.45) is 16.8 Å². The van der Waals surface area contributed by atoms with Crippen LogP contribution in [0.3, 0.4) is 0 Å². The van der Waals surface area contributed by atoms with Crippen molar-refractivity contribution in [1.82, 2.24) is 15.7 Å². The van der Waals surface area contributed by atoms with Crippen LogP contribution >= 0.6 is 0 Å². The van der Waals surface area contributed by atoms with Gasteiger partial charge < -0.3 is 11.1 Å². The van der Waals surface area contributed by atoms with Crippen LogP contribution in [-0.2, 0) is 4.79 Å². The fourth-order valence-electron chi connectivity index (χ4n) is 3.44. The summed E-state index contributed by atoms with van der Waals surface area (Å²) in [6, 6.07) is 9.30. The van der Waals surface area contributed by atoms with Gasteiger partial charge >= 0.3 is 0 Å². The molecule has 2 aromatic rings. The summed E-state index contributed by atoms with van der Waals surface area (Å²) in [5.41, 5.74) is 11.4. The average Bonchev–Trinajstić information content (AvgIpc) is 3.11. The van der Waals surface area contributed by atoms with Crippen molar-refractivity contribution in [3.05, 3.63) is 78.2 Å². The first kappa shape index (κ1) is 17.2. The first-order valence-corrected chi connectivity index (χ1v) is 8.94. The minimum atomic E-state index is -0.654. The molecule has 1 amide bonds. The highest BCUT2D eigenvalue weighted by Gasteiger charge is 2.29. The molecule has 27 heavy (non-hydrogen) atoms. The fraction of sp³-hybridized carbons (Fsp3) is 0.190. The fourth-order valence-corrected chi connectivity index (χ4v) is 3.44. The summed E-state index contributed by atoms with van der Waals surface area (Å²) < 4.78 is 0. The van der Waals surface area contributed by atoms with Crippen LogP contribution in [0.2, 0.25) is 0 Å². The van der Waals surface area contributed by atoms with Crippen LogP contribution in [-0.4, -0.2) is 29.2 Å². The molecule has 4 N–H and O–H groups in total. The summed E-state index contributed by atoms with van der Waals surface area (Å²) >= 11 is 0. The lowest BCUT2D eigenvalue weighted by molar-refractivity contribution is -0.122. The van der Waals surface area contributed by atoms with E-state index in [1.807, 2.05) is 48.7 Å². The predicted molar refractivity (Wildman–Crippen MR) is 107 cm³/mol. The molecule has 6 heteroatoms. The zero-order chi connectivity index (χ0) is 18.6.